The van der Waals surface area contributed by atoms with Crippen LogP contribution in [-0.4, -0.2) is 21.9 Å². The van der Waals surface area contributed by atoms with E-state index in [9.17, 15) is 4.79 Å². The first-order chi connectivity index (χ1) is 10.1. The van der Waals surface area contributed by atoms with Crippen LogP contribution in [0.5, 0.6) is 0 Å². The van der Waals surface area contributed by atoms with E-state index in [1.54, 1.807) is 17.4 Å². The summed E-state index contributed by atoms with van der Waals surface area (Å²) in [6.07, 6.45) is 3.80. The van der Waals surface area contributed by atoms with Gasteiger partial charge in [0.15, 0.2) is 0 Å². The average Bonchev–Trinajstić information content (AvgIpc) is 3.06. The van der Waals surface area contributed by atoms with Crippen LogP contribution in [0.25, 0.3) is 0 Å². The van der Waals surface area contributed by atoms with E-state index in [1.165, 1.54) is 10.4 Å². The molecule has 0 radical (unpaired) electrons. The second-order valence-corrected chi connectivity index (χ2v) is 6.58. The Morgan fingerprint density at radius 2 is 2.33 bits per heavy atom. The minimum absolute atomic E-state index is 0.0875. The summed E-state index contributed by atoms with van der Waals surface area (Å²) in [4.78, 5) is 16.3. The number of aryl methyl sites for hydroxylation is 1. The zero-order chi connectivity index (χ0) is 15.0. The molecule has 21 heavy (non-hydrogen) atoms. The largest absolute Gasteiger partial charge is 0.397 e. The van der Waals surface area contributed by atoms with Crippen molar-refractivity contribution in [2.75, 3.05) is 12.3 Å². The number of anilines is 1. The second kappa shape index (κ2) is 5.56. The van der Waals surface area contributed by atoms with E-state index in [0.29, 0.717) is 11.4 Å². The number of nitrogens with zero attached hydrogens (tertiary/aromatic N) is 2. The summed E-state index contributed by atoms with van der Waals surface area (Å²) in [6.45, 7) is 5.82. The molecule has 0 fully saturated rings. The van der Waals surface area contributed by atoms with Gasteiger partial charge in [-0.15, -0.1) is 11.3 Å². The van der Waals surface area contributed by atoms with Crippen LogP contribution in [0.3, 0.4) is 0 Å². The Bertz CT molecular complexity index is 658. The summed E-state index contributed by atoms with van der Waals surface area (Å²) in [5.74, 6) is 0.0875. The number of nitrogen functional groups attached to an aromatic ring is 1. The number of carbonyl (C=O) groups is 1. The molecule has 1 aliphatic heterocycles. The van der Waals surface area contributed by atoms with Gasteiger partial charge < -0.3 is 15.2 Å². The number of hydrogen-bond acceptors (Lipinski definition) is 3. The van der Waals surface area contributed by atoms with Gasteiger partial charge in [0.05, 0.1) is 11.7 Å². The first-order valence-electron chi connectivity index (χ1n) is 7.44. The third-order valence-electron chi connectivity index (χ3n) is 4.14. The Morgan fingerprint density at radius 3 is 3.10 bits per heavy atom. The molecule has 2 aromatic heterocycles. The van der Waals surface area contributed by atoms with Gasteiger partial charge in [-0.1, -0.05) is 6.92 Å². The molecule has 2 N–H and O–H groups in total. The van der Waals surface area contributed by atoms with E-state index in [0.717, 1.165) is 25.9 Å². The smallest absolute Gasteiger partial charge is 0.271 e. The first-order valence-corrected chi connectivity index (χ1v) is 8.32. The van der Waals surface area contributed by atoms with Crippen molar-refractivity contribution in [3.8, 4) is 0 Å². The maximum atomic E-state index is 12.9. The van der Waals surface area contributed by atoms with Crippen LogP contribution >= 0.6 is 11.3 Å². The van der Waals surface area contributed by atoms with Crippen LogP contribution in [0.1, 0.15) is 47.2 Å². The third-order valence-corrected chi connectivity index (χ3v) is 5.14. The molecule has 0 aliphatic carbocycles. The molecule has 3 heterocycles. The standard InChI is InChI=1S/C16H21N3OS/c1-3-6-18-10-12(17)9-14(18)16(20)19-7-4-15-13(11(19)2)5-8-21-15/h5,8-11H,3-4,6-7,17H2,1-2H3. The van der Waals surface area contributed by atoms with Crippen molar-refractivity contribution in [3.05, 3.63) is 39.8 Å². The van der Waals surface area contributed by atoms with Crippen LogP contribution < -0.4 is 5.73 Å². The number of amides is 1. The van der Waals surface area contributed by atoms with Gasteiger partial charge in [-0.3, -0.25) is 4.79 Å². The summed E-state index contributed by atoms with van der Waals surface area (Å²) < 4.78 is 1.98. The molecule has 0 bridgehead atoms. The molecule has 112 valence electrons. The summed E-state index contributed by atoms with van der Waals surface area (Å²) >= 11 is 1.79. The molecule has 0 saturated heterocycles. The van der Waals surface area contributed by atoms with Gasteiger partial charge in [0, 0.05) is 24.2 Å². The molecule has 1 amide bonds. The molecule has 1 unspecified atom stereocenters. The molecular weight excluding hydrogens is 282 g/mol. The van der Waals surface area contributed by atoms with E-state index in [4.69, 9.17) is 5.73 Å². The Hall–Kier alpha value is -1.75. The molecule has 4 nitrogen and oxygen atoms in total. The highest BCUT2D eigenvalue weighted by Gasteiger charge is 2.30. The van der Waals surface area contributed by atoms with Crippen LogP contribution in [0.4, 0.5) is 5.69 Å². The van der Waals surface area contributed by atoms with E-state index in [2.05, 4.69) is 25.3 Å². The minimum atomic E-state index is 0.0875. The Morgan fingerprint density at radius 1 is 1.52 bits per heavy atom. The van der Waals surface area contributed by atoms with Gasteiger partial charge in [0.25, 0.3) is 5.91 Å². The molecule has 3 rings (SSSR count). The van der Waals surface area contributed by atoms with Crippen molar-refractivity contribution in [1.29, 1.82) is 0 Å². The lowest BCUT2D eigenvalue weighted by atomic mass is 10.0. The van der Waals surface area contributed by atoms with Crippen molar-refractivity contribution < 1.29 is 4.79 Å². The highest BCUT2D eigenvalue weighted by molar-refractivity contribution is 7.10. The van der Waals surface area contributed by atoms with Crippen molar-refractivity contribution in [3.63, 3.8) is 0 Å². The lowest BCUT2D eigenvalue weighted by molar-refractivity contribution is 0.0668. The molecule has 1 aliphatic rings. The fraction of sp³-hybridized carbons (Fsp3) is 0.438. The Balaban J connectivity index is 1.89. The fourth-order valence-corrected chi connectivity index (χ4v) is 4.03. The summed E-state index contributed by atoms with van der Waals surface area (Å²) in [6, 6.07) is 4.08. The maximum absolute atomic E-state index is 12.9. The quantitative estimate of drug-likeness (QED) is 0.946. The molecular formula is C16H21N3OS. The zero-order valence-corrected chi connectivity index (χ0v) is 13.3. The van der Waals surface area contributed by atoms with Crippen LogP contribution in [-0.2, 0) is 13.0 Å². The van der Waals surface area contributed by atoms with Crippen molar-refractivity contribution >= 4 is 22.9 Å². The van der Waals surface area contributed by atoms with Gasteiger partial charge in [-0.25, -0.2) is 0 Å². The van der Waals surface area contributed by atoms with E-state index in [-0.39, 0.29) is 11.9 Å². The van der Waals surface area contributed by atoms with Gasteiger partial charge in [0.2, 0.25) is 0 Å². The van der Waals surface area contributed by atoms with Crippen molar-refractivity contribution in [2.24, 2.45) is 0 Å². The molecule has 2 aromatic rings. The molecule has 5 heteroatoms. The van der Waals surface area contributed by atoms with E-state index >= 15 is 0 Å². The lowest BCUT2D eigenvalue weighted by Crippen LogP contribution is -2.39. The number of rotatable bonds is 3. The molecule has 1 atom stereocenters. The summed E-state index contributed by atoms with van der Waals surface area (Å²) in [7, 11) is 0. The number of carbonyl (C=O) groups excluding carboxylic acids is 1. The molecule has 0 spiro atoms. The third kappa shape index (κ3) is 2.46. The number of nitrogens with two attached hydrogens (primary N) is 1. The van der Waals surface area contributed by atoms with Gasteiger partial charge >= 0.3 is 0 Å². The Labute approximate surface area is 129 Å². The topological polar surface area (TPSA) is 51.3 Å². The lowest BCUT2D eigenvalue weighted by Gasteiger charge is -2.33. The monoisotopic (exact) mass is 303 g/mol. The highest BCUT2D eigenvalue weighted by atomic mass is 32.1. The number of fused-ring (bicyclic) bond motifs is 1. The summed E-state index contributed by atoms with van der Waals surface area (Å²) in [5.41, 5.74) is 8.54. The van der Waals surface area contributed by atoms with Crippen LogP contribution in [0, 0.1) is 0 Å². The zero-order valence-electron chi connectivity index (χ0n) is 12.5. The normalized spacial score (nSPS) is 17.8. The fourth-order valence-electron chi connectivity index (χ4n) is 3.07. The highest BCUT2D eigenvalue weighted by Crippen LogP contribution is 2.33. The van der Waals surface area contributed by atoms with E-state index in [1.807, 2.05) is 15.7 Å². The minimum Gasteiger partial charge on any atom is -0.397 e. The molecule has 0 saturated carbocycles. The summed E-state index contributed by atoms with van der Waals surface area (Å²) in [5, 5.41) is 2.12. The predicted molar refractivity (Wildman–Crippen MR) is 86.6 cm³/mol. The first kappa shape index (κ1) is 14.2. The SMILES string of the molecule is CCCn1cc(N)cc1C(=O)N1CCc2sccc2C1C. The van der Waals surface area contributed by atoms with Crippen molar-refractivity contribution in [1.82, 2.24) is 9.47 Å². The maximum Gasteiger partial charge on any atom is 0.271 e. The van der Waals surface area contributed by atoms with E-state index < -0.39 is 0 Å². The van der Waals surface area contributed by atoms with Gasteiger partial charge in [0.1, 0.15) is 5.69 Å². The predicted octanol–water partition coefficient (Wildman–Crippen LogP) is 3.30. The van der Waals surface area contributed by atoms with Gasteiger partial charge in [-0.2, -0.15) is 0 Å². The second-order valence-electron chi connectivity index (χ2n) is 5.58. The average molecular weight is 303 g/mol. The van der Waals surface area contributed by atoms with Gasteiger partial charge in [-0.05, 0) is 42.8 Å². The number of aromatic nitrogens is 1. The Kier molecular flexibility index (Phi) is 3.76. The number of thiophene rings is 1. The molecule has 0 aromatic carbocycles. The van der Waals surface area contributed by atoms with Crippen LogP contribution in [0.2, 0.25) is 0 Å². The number of hydrogen-bond donors (Lipinski definition) is 1. The van der Waals surface area contributed by atoms with Crippen molar-refractivity contribution in [2.45, 2.75) is 39.3 Å². The van der Waals surface area contributed by atoms with Crippen LogP contribution in [0.15, 0.2) is 23.7 Å².